The SMILES string of the molecule is CC[C@H](C(=O)Nc1ncc2c(n1)C[C@H](c1ccc(Cl)cc1)CC2=O)c1ccccc1. The van der Waals surface area contributed by atoms with Gasteiger partial charge in [-0.3, -0.25) is 14.9 Å². The molecule has 2 atom stereocenters. The number of anilines is 1. The summed E-state index contributed by atoms with van der Waals surface area (Å²) in [5.74, 6) is -0.148. The van der Waals surface area contributed by atoms with Crippen molar-refractivity contribution in [2.75, 3.05) is 5.32 Å². The van der Waals surface area contributed by atoms with Gasteiger partial charge >= 0.3 is 0 Å². The van der Waals surface area contributed by atoms with Crippen LogP contribution in [-0.4, -0.2) is 21.7 Å². The highest BCUT2D eigenvalue weighted by Gasteiger charge is 2.28. The van der Waals surface area contributed by atoms with E-state index in [1.807, 2.05) is 61.5 Å². The third-order valence-electron chi connectivity index (χ3n) is 5.54. The molecule has 0 radical (unpaired) electrons. The molecule has 152 valence electrons. The van der Waals surface area contributed by atoms with Crippen LogP contribution in [0.25, 0.3) is 0 Å². The van der Waals surface area contributed by atoms with Crippen LogP contribution in [0.4, 0.5) is 5.95 Å². The second-order valence-corrected chi connectivity index (χ2v) is 7.93. The van der Waals surface area contributed by atoms with E-state index in [1.54, 1.807) is 0 Å². The Morgan fingerprint density at radius 3 is 2.57 bits per heavy atom. The van der Waals surface area contributed by atoms with Crippen LogP contribution in [0.1, 0.15) is 58.8 Å². The van der Waals surface area contributed by atoms with Gasteiger partial charge in [0, 0.05) is 17.6 Å². The molecule has 0 saturated heterocycles. The molecule has 0 fully saturated rings. The summed E-state index contributed by atoms with van der Waals surface area (Å²) in [6.45, 7) is 1.97. The number of amides is 1. The van der Waals surface area contributed by atoms with E-state index >= 15 is 0 Å². The predicted molar refractivity (Wildman–Crippen MR) is 117 cm³/mol. The number of aromatic nitrogens is 2. The zero-order valence-electron chi connectivity index (χ0n) is 16.6. The van der Waals surface area contributed by atoms with Gasteiger partial charge in [-0.1, -0.05) is 61.0 Å². The molecule has 0 unspecified atom stereocenters. The van der Waals surface area contributed by atoms with Gasteiger partial charge in [0.2, 0.25) is 11.9 Å². The minimum Gasteiger partial charge on any atom is -0.294 e. The highest BCUT2D eigenvalue weighted by Crippen LogP contribution is 2.32. The van der Waals surface area contributed by atoms with E-state index < -0.39 is 0 Å². The van der Waals surface area contributed by atoms with Gasteiger partial charge in [0.1, 0.15) is 0 Å². The zero-order valence-corrected chi connectivity index (χ0v) is 17.4. The van der Waals surface area contributed by atoms with Crippen molar-refractivity contribution in [1.29, 1.82) is 0 Å². The maximum absolute atomic E-state index is 12.8. The molecule has 0 spiro atoms. The number of nitrogens with zero attached hydrogens (tertiary/aromatic N) is 2. The van der Waals surface area contributed by atoms with Crippen LogP contribution >= 0.6 is 11.6 Å². The fraction of sp³-hybridized carbons (Fsp3) is 0.250. The van der Waals surface area contributed by atoms with Crippen molar-refractivity contribution >= 4 is 29.2 Å². The lowest BCUT2D eigenvalue weighted by Crippen LogP contribution is -2.24. The van der Waals surface area contributed by atoms with Gasteiger partial charge in [-0.25, -0.2) is 9.97 Å². The summed E-state index contributed by atoms with van der Waals surface area (Å²) < 4.78 is 0. The van der Waals surface area contributed by atoms with E-state index in [0.29, 0.717) is 35.5 Å². The first-order valence-electron chi connectivity index (χ1n) is 10.1. The van der Waals surface area contributed by atoms with Crippen molar-refractivity contribution in [2.45, 2.75) is 38.0 Å². The van der Waals surface area contributed by atoms with Gasteiger partial charge in [-0.05, 0) is 42.0 Å². The summed E-state index contributed by atoms with van der Waals surface area (Å²) in [6, 6.07) is 17.2. The van der Waals surface area contributed by atoms with Crippen LogP contribution in [-0.2, 0) is 11.2 Å². The van der Waals surface area contributed by atoms with Gasteiger partial charge in [-0.15, -0.1) is 0 Å². The maximum Gasteiger partial charge on any atom is 0.234 e. The minimum atomic E-state index is -0.283. The van der Waals surface area contributed by atoms with Crippen molar-refractivity contribution in [2.24, 2.45) is 0 Å². The molecule has 3 aromatic rings. The van der Waals surface area contributed by atoms with Crippen LogP contribution in [0, 0.1) is 0 Å². The molecule has 1 amide bonds. The third kappa shape index (κ3) is 4.26. The second kappa shape index (κ2) is 8.76. The number of ketones is 1. The number of Topliss-reactive ketones (excluding diaryl/α,β-unsaturated/α-hetero) is 1. The predicted octanol–water partition coefficient (Wildman–Crippen LogP) is 5.18. The van der Waals surface area contributed by atoms with Crippen molar-refractivity contribution in [3.8, 4) is 0 Å². The molecular formula is C24H22ClN3O2. The van der Waals surface area contributed by atoms with Crippen LogP contribution in [0.3, 0.4) is 0 Å². The Morgan fingerprint density at radius 1 is 1.13 bits per heavy atom. The first kappa shape index (κ1) is 20.2. The second-order valence-electron chi connectivity index (χ2n) is 7.49. The van der Waals surface area contributed by atoms with Gasteiger partial charge in [0.15, 0.2) is 5.78 Å². The first-order valence-corrected chi connectivity index (χ1v) is 10.4. The largest absolute Gasteiger partial charge is 0.294 e. The number of halogens is 1. The quantitative estimate of drug-likeness (QED) is 0.618. The number of fused-ring (bicyclic) bond motifs is 1. The normalized spacial score (nSPS) is 16.6. The Labute approximate surface area is 180 Å². The zero-order chi connectivity index (χ0) is 21.1. The van der Waals surface area contributed by atoms with E-state index in [2.05, 4.69) is 15.3 Å². The molecule has 1 heterocycles. The molecule has 4 rings (SSSR count). The van der Waals surface area contributed by atoms with Crippen molar-refractivity contribution in [3.05, 3.63) is 88.2 Å². The molecule has 5 nitrogen and oxygen atoms in total. The fourth-order valence-electron chi connectivity index (χ4n) is 3.93. The highest BCUT2D eigenvalue weighted by molar-refractivity contribution is 6.30. The van der Waals surface area contributed by atoms with Crippen LogP contribution in [0.15, 0.2) is 60.8 Å². The average Bonchev–Trinajstić information content (AvgIpc) is 2.75. The molecule has 1 aromatic heterocycles. The fourth-order valence-corrected chi connectivity index (χ4v) is 4.06. The molecule has 0 aliphatic heterocycles. The van der Waals surface area contributed by atoms with E-state index in [1.165, 1.54) is 6.20 Å². The van der Waals surface area contributed by atoms with Gasteiger partial charge < -0.3 is 0 Å². The Morgan fingerprint density at radius 2 is 1.87 bits per heavy atom. The lowest BCUT2D eigenvalue weighted by atomic mass is 9.82. The average molecular weight is 420 g/mol. The summed E-state index contributed by atoms with van der Waals surface area (Å²) >= 11 is 5.98. The smallest absolute Gasteiger partial charge is 0.234 e. The molecule has 6 heteroatoms. The van der Waals surface area contributed by atoms with Crippen LogP contribution < -0.4 is 5.32 Å². The number of nitrogens with one attached hydrogen (secondary N) is 1. The summed E-state index contributed by atoms with van der Waals surface area (Å²) in [7, 11) is 0. The van der Waals surface area contributed by atoms with E-state index in [-0.39, 0.29) is 29.5 Å². The molecule has 0 bridgehead atoms. The van der Waals surface area contributed by atoms with Crippen molar-refractivity contribution in [1.82, 2.24) is 9.97 Å². The summed E-state index contributed by atoms with van der Waals surface area (Å²) in [6.07, 6.45) is 3.22. The molecular weight excluding hydrogens is 398 g/mol. The number of benzene rings is 2. The Kier molecular flexibility index (Phi) is 5.91. The number of carbonyl (C=O) groups is 2. The van der Waals surface area contributed by atoms with E-state index in [4.69, 9.17) is 11.6 Å². The molecule has 2 aromatic carbocycles. The Bertz CT molecular complexity index is 1070. The molecule has 1 aliphatic rings. The third-order valence-corrected chi connectivity index (χ3v) is 5.79. The topological polar surface area (TPSA) is 72.0 Å². The summed E-state index contributed by atoms with van der Waals surface area (Å²) in [5, 5.41) is 3.49. The van der Waals surface area contributed by atoms with Gasteiger partial charge in [0.05, 0.1) is 17.2 Å². The number of hydrogen-bond donors (Lipinski definition) is 1. The van der Waals surface area contributed by atoms with Gasteiger partial charge in [-0.2, -0.15) is 0 Å². The Hall–Kier alpha value is -3.05. The van der Waals surface area contributed by atoms with E-state index in [0.717, 1.165) is 11.1 Å². The minimum absolute atomic E-state index is 0.0183. The first-order chi connectivity index (χ1) is 14.5. The molecule has 1 N–H and O–H groups in total. The maximum atomic E-state index is 12.8. The van der Waals surface area contributed by atoms with E-state index in [9.17, 15) is 9.59 Å². The monoisotopic (exact) mass is 419 g/mol. The van der Waals surface area contributed by atoms with Crippen LogP contribution in [0.5, 0.6) is 0 Å². The van der Waals surface area contributed by atoms with Crippen LogP contribution in [0.2, 0.25) is 5.02 Å². The standard InChI is InChI=1S/C24H22ClN3O2/c1-2-19(16-6-4-3-5-7-16)23(30)28-24-26-14-20-21(27-24)12-17(13-22(20)29)15-8-10-18(25)11-9-15/h3-11,14,17,19H,2,12-13H2,1H3,(H,26,27,28,30)/t17-,19-/m0/s1. The summed E-state index contributed by atoms with van der Waals surface area (Å²) in [4.78, 5) is 34.2. The number of rotatable bonds is 5. The highest BCUT2D eigenvalue weighted by atomic mass is 35.5. The molecule has 1 aliphatic carbocycles. The molecule has 0 saturated carbocycles. The number of carbonyl (C=O) groups excluding carboxylic acids is 2. The van der Waals surface area contributed by atoms with Crippen molar-refractivity contribution in [3.63, 3.8) is 0 Å². The summed E-state index contributed by atoms with van der Waals surface area (Å²) in [5.41, 5.74) is 3.21. The van der Waals surface area contributed by atoms with Crippen molar-refractivity contribution < 1.29 is 9.59 Å². The Balaban J connectivity index is 1.55. The lowest BCUT2D eigenvalue weighted by molar-refractivity contribution is -0.117. The van der Waals surface area contributed by atoms with Gasteiger partial charge in [0.25, 0.3) is 0 Å². The molecule has 30 heavy (non-hydrogen) atoms. The lowest BCUT2D eigenvalue weighted by Gasteiger charge is -2.23. The number of hydrogen-bond acceptors (Lipinski definition) is 4.